The van der Waals surface area contributed by atoms with Crippen molar-refractivity contribution in [1.82, 2.24) is 14.7 Å². The molecule has 3 heteroatoms. The molecule has 0 atom stereocenters. The average molecular weight is 245 g/mol. The zero-order chi connectivity index (χ0) is 13.7. The summed E-state index contributed by atoms with van der Waals surface area (Å²) in [7, 11) is 8.52. The van der Waals surface area contributed by atoms with Crippen molar-refractivity contribution in [3.8, 4) is 0 Å². The van der Waals surface area contributed by atoms with Crippen molar-refractivity contribution in [2.45, 2.75) is 33.6 Å². The highest BCUT2D eigenvalue weighted by Crippen LogP contribution is 2.02. The molecule has 0 aromatic rings. The molecule has 0 N–H and O–H groups in total. The maximum absolute atomic E-state index is 2.36. The lowest BCUT2D eigenvalue weighted by Crippen LogP contribution is -2.28. The number of likely N-dealkylation sites (N-methyl/N-ethyl adjacent to an activating group) is 2. The Morgan fingerprint density at radius 3 is 1.65 bits per heavy atom. The lowest BCUT2D eigenvalue weighted by Gasteiger charge is -2.16. The van der Waals surface area contributed by atoms with Crippen molar-refractivity contribution >= 4 is 0 Å². The Morgan fingerprint density at radius 2 is 1.41 bits per heavy atom. The van der Waals surface area contributed by atoms with Crippen molar-refractivity contribution in [2.24, 2.45) is 0 Å². The van der Waals surface area contributed by atoms with Gasteiger partial charge in [0.05, 0.1) is 0 Å². The normalized spacial score (nSPS) is 15.4. The van der Waals surface area contributed by atoms with Gasteiger partial charge in [0.2, 0.25) is 0 Å². The predicted octanol–water partition coefficient (Wildman–Crippen LogP) is 2.24. The van der Waals surface area contributed by atoms with Gasteiger partial charge >= 0.3 is 0 Å². The van der Waals surface area contributed by atoms with Crippen molar-refractivity contribution in [2.75, 3.05) is 60.9 Å². The molecule has 1 heterocycles. The van der Waals surface area contributed by atoms with Crippen LogP contribution in [0, 0.1) is 0 Å². The van der Waals surface area contributed by atoms with Gasteiger partial charge in [0.1, 0.15) is 0 Å². The fourth-order valence-electron chi connectivity index (χ4n) is 1.40. The fourth-order valence-corrected chi connectivity index (χ4v) is 1.40. The van der Waals surface area contributed by atoms with Crippen molar-refractivity contribution in [1.29, 1.82) is 0 Å². The zero-order valence-corrected chi connectivity index (χ0v) is 13.3. The summed E-state index contributed by atoms with van der Waals surface area (Å²) in [5, 5.41) is 0. The lowest BCUT2D eigenvalue weighted by molar-refractivity contribution is 0.292. The van der Waals surface area contributed by atoms with E-state index in [0.717, 1.165) is 13.1 Å². The summed E-state index contributed by atoms with van der Waals surface area (Å²) in [4.78, 5) is 6.87. The highest BCUT2D eigenvalue weighted by Gasteiger charge is 2.03. The van der Waals surface area contributed by atoms with Gasteiger partial charge in [-0.25, -0.2) is 0 Å². The van der Waals surface area contributed by atoms with Crippen molar-refractivity contribution in [3.05, 3.63) is 0 Å². The highest BCUT2D eigenvalue weighted by molar-refractivity contribution is 4.59. The first-order valence-electron chi connectivity index (χ1n) is 7.08. The van der Waals surface area contributed by atoms with Crippen LogP contribution in [0.3, 0.4) is 0 Å². The highest BCUT2D eigenvalue weighted by atomic mass is 15.1. The second-order valence-electron chi connectivity index (χ2n) is 4.71. The standard InChI is InChI=1S/C7H18N2.C5H11N.C2H6/c1-5-9(4)7-6-8(2)3;1-6-4-2-3-5-6;1-2/h5-7H2,1-4H3;2-5H2,1H3;1-2H3. The van der Waals surface area contributed by atoms with Gasteiger partial charge in [-0.2, -0.15) is 0 Å². The van der Waals surface area contributed by atoms with Crippen LogP contribution in [0.15, 0.2) is 0 Å². The van der Waals surface area contributed by atoms with E-state index < -0.39 is 0 Å². The van der Waals surface area contributed by atoms with E-state index in [4.69, 9.17) is 0 Å². The van der Waals surface area contributed by atoms with Gasteiger partial charge in [-0.3, -0.25) is 0 Å². The van der Waals surface area contributed by atoms with E-state index in [0.29, 0.717) is 0 Å². The molecule has 1 saturated heterocycles. The Kier molecular flexibility index (Phi) is 15.8. The summed E-state index contributed by atoms with van der Waals surface area (Å²) in [6.07, 6.45) is 2.83. The van der Waals surface area contributed by atoms with Crippen molar-refractivity contribution in [3.63, 3.8) is 0 Å². The minimum Gasteiger partial charge on any atom is -0.308 e. The van der Waals surface area contributed by atoms with Crippen LogP contribution in [0.5, 0.6) is 0 Å². The third-order valence-electron chi connectivity index (χ3n) is 2.80. The number of hydrogen-bond acceptors (Lipinski definition) is 3. The molecule has 0 bridgehead atoms. The predicted molar refractivity (Wildman–Crippen MR) is 79.8 cm³/mol. The monoisotopic (exact) mass is 245 g/mol. The molecule has 0 unspecified atom stereocenters. The van der Waals surface area contributed by atoms with E-state index in [1.54, 1.807) is 0 Å². The Balaban J connectivity index is 0. The van der Waals surface area contributed by atoms with Crippen LogP contribution >= 0.6 is 0 Å². The molecule has 0 spiro atoms. The maximum atomic E-state index is 2.36. The fraction of sp³-hybridized carbons (Fsp3) is 1.00. The van der Waals surface area contributed by atoms with Crippen LogP contribution in [-0.2, 0) is 0 Å². The summed E-state index contributed by atoms with van der Waals surface area (Å²) in [6, 6.07) is 0. The van der Waals surface area contributed by atoms with Crippen LogP contribution in [0.2, 0.25) is 0 Å². The summed E-state index contributed by atoms with van der Waals surface area (Å²) in [6.45, 7) is 12.3. The van der Waals surface area contributed by atoms with E-state index >= 15 is 0 Å². The first-order valence-corrected chi connectivity index (χ1v) is 7.08. The molecule has 1 aliphatic heterocycles. The minimum absolute atomic E-state index is 1.15. The second kappa shape index (κ2) is 13.9. The first kappa shape index (κ1) is 19.2. The van der Waals surface area contributed by atoms with Gasteiger partial charge in [0, 0.05) is 13.1 Å². The molecule has 0 saturated carbocycles. The number of likely N-dealkylation sites (tertiary alicyclic amines) is 1. The second-order valence-corrected chi connectivity index (χ2v) is 4.71. The molecule has 1 rings (SSSR count). The molecule has 1 aliphatic rings. The average Bonchev–Trinajstić information content (AvgIpc) is 2.80. The molecule has 0 amide bonds. The summed E-state index contributed by atoms with van der Waals surface area (Å²) in [5.74, 6) is 0. The van der Waals surface area contributed by atoms with E-state index in [1.807, 2.05) is 13.8 Å². The maximum Gasteiger partial charge on any atom is 0.0106 e. The Morgan fingerprint density at radius 1 is 0.941 bits per heavy atom. The molecule has 0 aromatic carbocycles. The van der Waals surface area contributed by atoms with Gasteiger partial charge in [-0.05, 0) is 60.7 Å². The van der Waals surface area contributed by atoms with E-state index in [-0.39, 0.29) is 0 Å². The van der Waals surface area contributed by atoms with Gasteiger partial charge in [0.25, 0.3) is 0 Å². The molecule has 0 aliphatic carbocycles. The topological polar surface area (TPSA) is 9.72 Å². The third-order valence-corrected chi connectivity index (χ3v) is 2.80. The lowest BCUT2D eigenvalue weighted by atomic mass is 10.4. The number of hydrogen-bond donors (Lipinski definition) is 0. The van der Waals surface area contributed by atoms with Crippen LogP contribution < -0.4 is 0 Å². The van der Waals surface area contributed by atoms with Crippen LogP contribution in [0.25, 0.3) is 0 Å². The van der Waals surface area contributed by atoms with E-state index in [1.165, 1.54) is 32.5 Å². The number of rotatable bonds is 4. The van der Waals surface area contributed by atoms with E-state index in [2.05, 4.69) is 49.8 Å². The van der Waals surface area contributed by atoms with Crippen LogP contribution in [0.4, 0.5) is 0 Å². The molecular formula is C14H35N3. The quantitative estimate of drug-likeness (QED) is 0.752. The first-order chi connectivity index (χ1) is 8.06. The summed E-state index contributed by atoms with van der Waals surface area (Å²) < 4.78 is 0. The Hall–Kier alpha value is -0.120. The largest absolute Gasteiger partial charge is 0.308 e. The minimum atomic E-state index is 1.15. The van der Waals surface area contributed by atoms with Gasteiger partial charge < -0.3 is 14.7 Å². The van der Waals surface area contributed by atoms with Crippen LogP contribution in [0.1, 0.15) is 33.6 Å². The SMILES string of the molecule is CC.CCN(C)CCN(C)C.CN1CCCC1. The van der Waals surface area contributed by atoms with E-state index in [9.17, 15) is 0 Å². The molecule has 0 aromatic heterocycles. The van der Waals surface area contributed by atoms with Gasteiger partial charge in [-0.1, -0.05) is 20.8 Å². The van der Waals surface area contributed by atoms with Gasteiger partial charge in [-0.15, -0.1) is 0 Å². The molecule has 1 fully saturated rings. The van der Waals surface area contributed by atoms with Gasteiger partial charge in [0.15, 0.2) is 0 Å². The van der Waals surface area contributed by atoms with Crippen molar-refractivity contribution < 1.29 is 0 Å². The third kappa shape index (κ3) is 15.9. The Labute approximate surface area is 110 Å². The zero-order valence-electron chi connectivity index (χ0n) is 13.3. The number of nitrogens with zero attached hydrogens (tertiary/aromatic N) is 3. The molecule has 17 heavy (non-hydrogen) atoms. The smallest absolute Gasteiger partial charge is 0.0106 e. The molecule has 3 nitrogen and oxygen atoms in total. The summed E-state index contributed by atoms with van der Waals surface area (Å²) >= 11 is 0. The van der Waals surface area contributed by atoms with Crippen LogP contribution in [-0.4, -0.2) is 75.6 Å². The Bertz CT molecular complexity index is 131. The molecule has 106 valence electrons. The molecular weight excluding hydrogens is 210 g/mol. The molecule has 0 radical (unpaired) electrons. The summed E-state index contributed by atoms with van der Waals surface area (Å²) in [5.41, 5.74) is 0.